The molecule has 3 rings (SSSR count). The lowest BCUT2D eigenvalue weighted by molar-refractivity contribution is -0.121. The molecule has 0 saturated carbocycles. The van der Waals surface area contributed by atoms with Gasteiger partial charge in [0.2, 0.25) is 11.8 Å². The van der Waals surface area contributed by atoms with Gasteiger partial charge in [-0.1, -0.05) is 18.2 Å². The molecule has 1 saturated heterocycles. The summed E-state index contributed by atoms with van der Waals surface area (Å²) in [6.07, 6.45) is 0.0585. The van der Waals surface area contributed by atoms with Crippen LogP contribution >= 0.6 is 34.4 Å². The molecule has 1 atom stereocenters. The van der Waals surface area contributed by atoms with Crippen LogP contribution in [-0.4, -0.2) is 28.1 Å². The van der Waals surface area contributed by atoms with Crippen LogP contribution in [0.1, 0.15) is 16.8 Å². The van der Waals surface area contributed by atoms with Gasteiger partial charge in [-0.25, -0.2) is 9.69 Å². The van der Waals surface area contributed by atoms with Crippen molar-refractivity contribution in [3.8, 4) is 0 Å². The molecule has 2 aromatic carbocycles. The van der Waals surface area contributed by atoms with Gasteiger partial charge in [0.1, 0.15) is 0 Å². The number of thioether (sulfide) groups is 1. The van der Waals surface area contributed by atoms with Crippen molar-refractivity contribution in [3.63, 3.8) is 0 Å². The molecule has 5 nitrogen and oxygen atoms in total. The van der Waals surface area contributed by atoms with Gasteiger partial charge in [-0.2, -0.15) is 0 Å². The van der Waals surface area contributed by atoms with Gasteiger partial charge in [0.25, 0.3) is 0 Å². The van der Waals surface area contributed by atoms with Crippen LogP contribution in [0.4, 0.5) is 5.69 Å². The second-order valence-corrected chi connectivity index (χ2v) is 7.65. The first-order valence-corrected chi connectivity index (χ1v) is 9.04. The Kier molecular flexibility index (Phi) is 4.91. The molecular formula is C17H12INO4S. The fraction of sp³-hybridized carbons (Fsp3) is 0.118. The van der Waals surface area contributed by atoms with E-state index in [1.54, 1.807) is 36.4 Å². The SMILES string of the molecule is O=C(O)c1ccccc1SC1CC(=O)N(c2cccc(I)c2)C1=O. The Morgan fingerprint density at radius 3 is 2.62 bits per heavy atom. The van der Waals surface area contributed by atoms with Gasteiger partial charge in [0, 0.05) is 14.9 Å². The molecule has 1 aliphatic heterocycles. The maximum Gasteiger partial charge on any atom is 0.336 e. The van der Waals surface area contributed by atoms with Gasteiger partial charge < -0.3 is 5.11 Å². The number of amides is 2. The zero-order valence-corrected chi connectivity index (χ0v) is 15.3. The quantitative estimate of drug-likeness (QED) is 0.568. The van der Waals surface area contributed by atoms with Gasteiger partial charge in [-0.15, -0.1) is 11.8 Å². The van der Waals surface area contributed by atoms with E-state index in [1.165, 1.54) is 11.0 Å². The van der Waals surface area contributed by atoms with Crippen molar-refractivity contribution >= 4 is 57.8 Å². The van der Waals surface area contributed by atoms with Crippen LogP contribution in [-0.2, 0) is 9.59 Å². The highest BCUT2D eigenvalue weighted by molar-refractivity contribution is 14.1. The molecule has 24 heavy (non-hydrogen) atoms. The molecule has 0 radical (unpaired) electrons. The Morgan fingerprint density at radius 2 is 1.92 bits per heavy atom. The minimum Gasteiger partial charge on any atom is -0.478 e. The number of carbonyl (C=O) groups excluding carboxylic acids is 2. The standard InChI is InChI=1S/C17H12INO4S/c18-10-4-3-5-11(8-10)19-15(20)9-14(16(19)21)24-13-7-2-1-6-12(13)17(22)23/h1-8,14H,9H2,(H,22,23). The number of carboxylic acids is 1. The zero-order chi connectivity index (χ0) is 17.3. The van der Waals surface area contributed by atoms with Crippen molar-refractivity contribution in [3.05, 3.63) is 57.7 Å². The average Bonchev–Trinajstić information content (AvgIpc) is 2.81. The lowest BCUT2D eigenvalue weighted by Crippen LogP contribution is -2.31. The summed E-state index contributed by atoms with van der Waals surface area (Å²) in [5.74, 6) is -1.64. The Labute approximate surface area is 156 Å². The van der Waals surface area contributed by atoms with Gasteiger partial charge in [0.15, 0.2) is 0 Å². The van der Waals surface area contributed by atoms with Crippen LogP contribution in [0.15, 0.2) is 53.4 Å². The third kappa shape index (κ3) is 3.32. The topological polar surface area (TPSA) is 74.7 Å². The molecule has 0 spiro atoms. The van der Waals surface area contributed by atoms with Gasteiger partial charge >= 0.3 is 5.97 Å². The molecule has 1 unspecified atom stereocenters. The molecule has 1 N–H and O–H groups in total. The Balaban J connectivity index is 1.86. The van der Waals surface area contributed by atoms with E-state index in [2.05, 4.69) is 22.6 Å². The molecule has 1 fully saturated rings. The van der Waals surface area contributed by atoms with E-state index in [-0.39, 0.29) is 23.8 Å². The van der Waals surface area contributed by atoms with Gasteiger partial charge in [-0.05, 0) is 52.9 Å². The number of halogens is 1. The monoisotopic (exact) mass is 453 g/mol. The van der Waals surface area contributed by atoms with E-state index < -0.39 is 11.2 Å². The summed E-state index contributed by atoms with van der Waals surface area (Å²) in [6, 6.07) is 13.6. The predicted octanol–water partition coefficient (Wildman–Crippen LogP) is 3.41. The van der Waals surface area contributed by atoms with Gasteiger partial charge in [-0.3, -0.25) is 9.59 Å². The minimum atomic E-state index is -1.05. The number of hydrogen-bond acceptors (Lipinski definition) is 4. The fourth-order valence-electron chi connectivity index (χ4n) is 2.48. The number of carbonyl (C=O) groups is 3. The third-order valence-electron chi connectivity index (χ3n) is 3.56. The molecule has 0 bridgehead atoms. The molecule has 7 heteroatoms. The number of benzene rings is 2. The number of aromatic carboxylic acids is 1. The van der Waals surface area contributed by atoms with Crippen LogP contribution in [0.25, 0.3) is 0 Å². The number of hydrogen-bond donors (Lipinski definition) is 1. The van der Waals surface area contributed by atoms with E-state index in [0.29, 0.717) is 10.6 Å². The zero-order valence-electron chi connectivity index (χ0n) is 12.3. The van der Waals surface area contributed by atoms with Crippen LogP contribution in [0.5, 0.6) is 0 Å². The molecule has 2 amide bonds. The van der Waals surface area contributed by atoms with Crippen molar-refractivity contribution in [2.75, 3.05) is 4.90 Å². The van der Waals surface area contributed by atoms with E-state index in [4.69, 9.17) is 0 Å². The first-order valence-electron chi connectivity index (χ1n) is 7.08. The maximum absolute atomic E-state index is 12.6. The maximum atomic E-state index is 12.6. The molecule has 0 aromatic heterocycles. The second-order valence-electron chi connectivity index (χ2n) is 5.16. The average molecular weight is 453 g/mol. The predicted molar refractivity (Wildman–Crippen MR) is 99.3 cm³/mol. The normalized spacial score (nSPS) is 17.4. The molecule has 0 aliphatic carbocycles. The highest BCUT2D eigenvalue weighted by atomic mass is 127. The lowest BCUT2D eigenvalue weighted by Gasteiger charge is -2.15. The first kappa shape index (κ1) is 17.0. The smallest absolute Gasteiger partial charge is 0.336 e. The van der Waals surface area contributed by atoms with Crippen LogP contribution < -0.4 is 4.90 Å². The molecule has 122 valence electrons. The van der Waals surface area contributed by atoms with E-state index in [1.807, 2.05) is 6.07 Å². The van der Waals surface area contributed by atoms with Crippen molar-refractivity contribution in [1.29, 1.82) is 0 Å². The van der Waals surface area contributed by atoms with Crippen molar-refractivity contribution < 1.29 is 19.5 Å². The summed E-state index contributed by atoms with van der Waals surface area (Å²) in [5.41, 5.74) is 0.682. The molecular weight excluding hydrogens is 441 g/mol. The number of anilines is 1. The highest BCUT2D eigenvalue weighted by Gasteiger charge is 2.40. The van der Waals surface area contributed by atoms with Gasteiger partial charge in [0.05, 0.1) is 16.5 Å². The van der Waals surface area contributed by atoms with Crippen LogP contribution in [0.2, 0.25) is 0 Å². The van der Waals surface area contributed by atoms with Crippen molar-refractivity contribution in [2.24, 2.45) is 0 Å². The molecule has 2 aromatic rings. The summed E-state index contributed by atoms with van der Waals surface area (Å²) >= 11 is 3.25. The largest absolute Gasteiger partial charge is 0.478 e. The number of nitrogens with zero attached hydrogens (tertiary/aromatic N) is 1. The first-order chi connectivity index (χ1) is 11.5. The van der Waals surface area contributed by atoms with Crippen LogP contribution in [0, 0.1) is 3.57 Å². The van der Waals surface area contributed by atoms with Crippen molar-refractivity contribution in [2.45, 2.75) is 16.6 Å². The Bertz CT molecular complexity index is 839. The summed E-state index contributed by atoms with van der Waals surface area (Å²) in [7, 11) is 0. The summed E-state index contributed by atoms with van der Waals surface area (Å²) in [5, 5.41) is 8.63. The molecule has 1 aliphatic rings. The lowest BCUT2D eigenvalue weighted by atomic mass is 10.2. The van der Waals surface area contributed by atoms with E-state index in [9.17, 15) is 19.5 Å². The number of rotatable bonds is 4. The van der Waals surface area contributed by atoms with E-state index in [0.717, 1.165) is 15.3 Å². The summed E-state index contributed by atoms with van der Waals surface area (Å²) in [4.78, 5) is 37.9. The van der Waals surface area contributed by atoms with Crippen molar-refractivity contribution in [1.82, 2.24) is 0 Å². The second kappa shape index (κ2) is 6.94. The number of imide groups is 1. The summed E-state index contributed by atoms with van der Waals surface area (Å²) in [6.45, 7) is 0. The fourth-order valence-corrected chi connectivity index (χ4v) is 4.19. The minimum absolute atomic E-state index is 0.0585. The highest BCUT2D eigenvalue weighted by Crippen LogP contribution is 2.35. The summed E-state index contributed by atoms with van der Waals surface area (Å²) < 4.78 is 0.929. The Morgan fingerprint density at radius 1 is 1.17 bits per heavy atom. The Hall–Kier alpha value is -1.87. The third-order valence-corrected chi connectivity index (χ3v) is 5.49. The molecule has 1 heterocycles. The van der Waals surface area contributed by atoms with E-state index >= 15 is 0 Å². The number of carboxylic acid groups (broad SMARTS) is 1. The van der Waals surface area contributed by atoms with Crippen LogP contribution in [0.3, 0.4) is 0 Å².